The van der Waals surface area contributed by atoms with Gasteiger partial charge in [-0.25, -0.2) is 0 Å². The number of allylic oxidation sites excluding steroid dienone is 2. The van der Waals surface area contributed by atoms with Gasteiger partial charge in [-0.05, 0) is 12.1 Å². The number of pyridine rings is 2. The van der Waals surface area contributed by atoms with E-state index in [0.29, 0.717) is 0 Å². The molecule has 2 heterocycles. The Kier molecular flexibility index (Phi) is 8.36. The van der Waals surface area contributed by atoms with Crippen LogP contribution in [-0.4, -0.2) is 27.0 Å². The number of hydrogen-bond donors (Lipinski definition) is 1. The van der Waals surface area contributed by atoms with Gasteiger partial charge in [-0.3, -0.25) is 14.8 Å². The fourth-order valence-electron chi connectivity index (χ4n) is 2.57. The first kappa shape index (κ1) is 23.8. The summed E-state index contributed by atoms with van der Waals surface area (Å²) in [6.45, 7) is 0. The normalized spacial score (nSPS) is 11.4. The van der Waals surface area contributed by atoms with E-state index in [4.69, 9.17) is 5.11 Å². The van der Waals surface area contributed by atoms with Gasteiger partial charge in [0.1, 0.15) is 0 Å². The van der Waals surface area contributed by atoms with Gasteiger partial charge < -0.3 is 5.11 Å². The summed E-state index contributed by atoms with van der Waals surface area (Å²) in [6.07, 6.45) is -1.12. The number of benzene rings is 2. The summed E-state index contributed by atoms with van der Waals surface area (Å²) in [7, 11) is 0. The Balaban J connectivity index is 0.000000207. The Morgan fingerprint density at radius 3 is 1.77 bits per heavy atom. The molecule has 0 atom stereocenters. The second kappa shape index (κ2) is 10.5. The third-order valence-corrected chi connectivity index (χ3v) is 3.96. The van der Waals surface area contributed by atoms with Gasteiger partial charge in [0.25, 0.3) is 0 Å². The standard InChI is InChI=1S/C12H8N2.C10H7F3O2.Dy/c1-3-9-5-6-10-4-2-8-14-12(10)11(9)13-7-1;11-10(12,13)9(15)6-8(14)7-4-2-1-3-5-7;/h1-8H;1-6,15H;/b;9-6-;. The van der Waals surface area contributed by atoms with Crippen LogP contribution in [-0.2, 0) is 0 Å². The van der Waals surface area contributed by atoms with E-state index < -0.39 is 17.7 Å². The SMILES string of the molecule is O=C(/C=C(\O)C(F)(F)F)c1ccccc1.[Dy].c1cnc2c(c1)ccc1cccnc12. The molecule has 4 aromatic rings. The zero-order chi connectivity index (χ0) is 20.9. The van der Waals surface area contributed by atoms with E-state index in [0.717, 1.165) is 21.8 Å². The topological polar surface area (TPSA) is 63.1 Å². The second-order valence-corrected chi connectivity index (χ2v) is 5.97. The average molecular weight is 559 g/mol. The van der Waals surface area contributed by atoms with Crippen LogP contribution in [0.25, 0.3) is 21.8 Å². The Morgan fingerprint density at radius 1 is 0.800 bits per heavy atom. The third-order valence-electron chi connectivity index (χ3n) is 3.96. The molecule has 4 nitrogen and oxygen atoms in total. The maximum Gasteiger partial charge on any atom is 0.448 e. The number of aliphatic hydroxyl groups is 1. The number of nitrogens with zero attached hydrogens (tertiary/aromatic N) is 2. The minimum absolute atomic E-state index is 0. The summed E-state index contributed by atoms with van der Waals surface area (Å²) in [6, 6.07) is 19.5. The second-order valence-electron chi connectivity index (χ2n) is 5.97. The predicted octanol–water partition coefficient (Wildman–Crippen LogP) is 5.66. The fourth-order valence-corrected chi connectivity index (χ4v) is 2.57. The zero-order valence-corrected chi connectivity index (χ0v) is 17.3. The van der Waals surface area contributed by atoms with E-state index in [2.05, 4.69) is 34.2 Å². The molecule has 0 saturated heterocycles. The van der Waals surface area contributed by atoms with Crippen LogP contribution in [0.15, 0.2) is 91.0 Å². The van der Waals surface area contributed by atoms with Gasteiger partial charge in [0.15, 0.2) is 5.78 Å². The van der Waals surface area contributed by atoms with Crippen molar-refractivity contribution in [3.8, 4) is 0 Å². The van der Waals surface area contributed by atoms with Crippen molar-refractivity contribution in [1.29, 1.82) is 0 Å². The van der Waals surface area contributed by atoms with Crippen LogP contribution in [0.2, 0.25) is 0 Å². The van der Waals surface area contributed by atoms with Gasteiger partial charge in [-0.2, -0.15) is 13.2 Å². The van der Waals surface area contributed by atoms with Crippen LogP contribution < -0.4 is 0 Å². The summed E-state index contributed by atoms with van der Waals surface area (Å²) in [5, 5.41) is 10.8. The number of carbonyl (C=O) groups is 1. The Morgan fingerprint density at radius 2 is 1.30 bits per heavy atom. The molecular weight excluding hydrogens is 544 g/mol. The van der Waals surface area contributed by atoms with Crippen molar-refractivity contribution < 1.29 is 61.2 Å². The maximum absolute atomic E-state index is 11.9. The molecule has 0 aliphatic rings. The molecule has 30 heavy (non-hydrogen) atoms. The molecule has 0 unspecified atom stereocenters. The molecule has 0 aliphatic heterocycles. The number of fused-ring (bicyclic) bond motifs is 3. The van der Waals surface area contributed by atoms with E-state index in [9.17, 15) is 18.0 Å². The van der Waals surface area contributed by atoms with Crippen LogP contribution in [0, 0.1) is 38.2 Å². The van der Waals surface area contributed by atoms with Crippen molar-refractivity contribution >= 4 is 27.6 Å². The predicted molar refractivity (Wildman–Crippen MR) is 105 cm³/mol. The number of rotatable bonds is 2. The number of carbonyl (C=O) groups excluding carboxylic acids is 1. The van der Waals surface area contributed by atoms with Crippen molar-refractivity contribution in [2.24, 2.45) is 0 Å². The van der Waals surface area contributed by atoms with Crippen molar-refractivity contribution in [1.82, 2.24) is 9.97 Å². The van der Waals surface area contributed by atoms with Crippen LogP contribution in [0.4, 0.5) is 13.2 Å². The van der Waals surface area contributed by atoms with Crippen molar-refractivity contribution in [2.45, 2.75) is 6.18 Å². The smallest absolute Gasteiger partial charge is 0.448 e. The molecule has 2 aromatic heterocycles. The molecule has 0 amide bonds. The molecule has 0 radical (unpaired) electrons. The average Bonchev–Trinajstić information content (AvgIpc) is 2.74. The van der Waals surface area contributed by atoms with Gasteiger partial charge in [0.05, 0.1) is 11.0 Å². The molecule has 0 bridgehead atoms. The zero-order valence-electron chi connectivity index (χ0n) is 15.3. The summed E-state index contributed by atoms with van der Waals surface area (Å²) in [5.41, 5.74) is 2.05. The van der Waals surface area contributed by atoms with E-state index in [-0.39, 0.29) is 49.8 Å². The van der Waals surface area contributed by atoms with Crippen molar-refractivity contribution in [2.75, 3.05) is 0 Å². The first-order chi connectivity index (χ1) is 13.9. The van der Waals surface area contributed by atoms with Crippen LogP contribution in [0.3, 0.4) is 0 Å². The van der Waals surface area contributed by atoms with Crippen LogP contribution in [0.1, 0.15) is 10.4 Å². The summed E-state index contributed by atoms with van der Waals surface area (Å²) < 4.78 is 35.6. The number of aliphatic hydroxyl groups excluding tert-OH is 1. The molecule has 0 spiro atoms. The Hall–Kier alpha value is -2.47. The summed E-state index contributed by atoms with van der Waals surface area (Å²) >= 11 is 0. The van der Waals surface area contributed by atoms with E-state index in [1.807, 2.05) is 12.1 Å². The molecule has 8 heteroatoms. The number of alkyl halides is 3. The molecule has 4 rings (SSSR count). The molecule has 0 fully saturated rings. The first-order valence-electron chi connectivity index (χ1n) is 8.52. The number of halogens is 3. The fraction of sp³-hybridized carbons (Fsp3) is 0.0455. The molecule has 156 valence electrons. The van der Waals surface area contributed by atoms with Gasteiger partial charge in [-0.15, -0.1) is 0 Å². The molecule has 0 aliphatic carbocycles. The van der Waals surface area contributed by atoms with E-state index >= 15 is 0 Å². The summed E-state index contributed by atoms with van der Waals surface area (Å²) in [4.78, 5) is 19.9. The monoisotopic (exact) mass is 560 g/mol. The molecular formula is C22H15DyF3N2O2. The van der Waals surface area contributed by atoms with E-state index in [1.54, 1.807) is 18.5 Å². The first-order valence-corrected chi connectivity index (χ1v) is 8.52. The van der Waals surface area contributed by atoms with E-state index in [1.165, 1.54) is 24.3 Å². The van der Waals surface area contributed by atoms with Gasteiger partial charge in [0.2, 0.25) is 5.76 Å². The number of aromatic nitrogens is 2. The van der Waals surface area contributed by atoms with Crippen molar-refractivity contribution in [3.63, 3.8) is 0 Å². The van der Waals surface area contributed by atoms with Gasteiger partial charge >= 0.3 is 6.18 Å². The molecule has 0 saturated carbocycles. The number of ketones is 1. The minimum Gasteiger partial charge on any atom is -0.504 e. The number of hydrogen-bond acceptors (Lipinski definition) is 4. The van der Waals surface area contributed by atoms with Crippen LogP contribution in [0.5, 0.6) is 0 Å². The van der Waals surface area contributed by atoms with Gasteiger partial charge in [-0.1, -0.05) is 54.6 Å². The largest absolute Gasteiger partial charge is 0.504 e. The van der Waals surface area contributed by atoms with Crippen molar-refractivity contribution in [3.05, 3.63) is 96.5 Å². The molecule has 2 aromatic carbocycles. The third kappa shape index (κ3) is 6.02. The minimum atomic E-state index is -4.88. The Bertz CT molecular complexity index is 1120. The van der Waals surface area contributed by atoms with Crippen LogP contribution >= 0.6 is 0 Å². The Labute approximate surface area is 200 Å². The quantitative estimate of drug-likeness (QED) is 0.149. The maximum atomic E-state index is 11.9. The molecule has 1 N–H and O–H groups in total. The summed E-state index contributed by atoms with van der Waals surface area (Å²) in [5.74, 6) is -2.78. The van der Waals surface area contributed by atoms with Gasteiger partial charge in [0, 0.05) is 73.0 Å².